The molecule has 2 aromatic carbocycles. The zero-order chi connectivity index (χ0) is 27.5. The van der Waals surface area contributed by atoms with Gasteiger partial charge < -0.3 is 24.8 Å². The lowest BCUT2D eigenvalue weighted by Crippen LogP contribution is -2.33. The molecule has 200 valence electrons. The average molecular weight is 540 g/mol. The van der Waals surface area contributed by atoms with E-state index in [0.717, 1.165) is 17.1 Å². The van der Waals surface area contributed by atoms with Crippen LogP contribution in [0.2, 0.25) is 0 Å². The van der Waals surface area contributed by atoms with Crippen LogP contribution in [0.4, 0.5) is 5.69 Å². The van der Waals surface area contributed by atoms with E-state index in [1.165, 1.54) is 16.8 Å². The third kappa shape index (κ3) is 5.12. The van der Waals surface area contributed by atoms with Crippen LogP contribution in [0.25, 0.3) is 5.69 Å². The number of hydrogen-bond acceptors (Lipinski definition) is 4. The highest BCUT2D eigenvalue weighted by Crippen LogP contribution is 2.43. The van der Waals surface area contributed by atoms with Gasteiger partial charge in [0.15, 0.2) is 5.11 Å². The van der Waals surface area contributed by atoms with Crippen LogP contribution in [0.15, 0.2) is 79.0 Å². The highest BCUT2D eigenvalue weighted by Gasteiger charge is 2.42. The zero-order valence-electron chi connectivity index (χ0n) is 22.6. The van der Waals surface area contributed by atoms with E-state index in [9.17, 15) is 4.79 Å². The average Bonchev–Trinajstić information content (AvgIpc) is 3.39. The minimum Gasteiger partial charge on any atom is -0.495 e. The topological polar surface area (TPSA) is 71.4 Å². The summed E-state index contributed by atoms with van der Waals surface area (Å²) in [5, 5.41) is 7.12. The highest BCUT2D eigenvalue weighted by atomic mass is 32.1. The molecule has 39 heavy (non-hydrogen) atoms. The Hall–Kier alpha value is -4.17. The molecular formula is C31H33N5O2S. The van der Waals surface area contributed by atoms with Crippen LogP contribution in [0, 0.1) is 20.8 Å². The first kappa shape index (κ1) is 26.4. The number of thiocarbonyl (C=S) groups is 1. The van der Waals surface area contributed by atoms with E-state index >= 15 is 0 Å². The number of amides is 1. The molecule has 2 atom stereocenters. The standard InChI is InChI=1S/C31H33N5O2S/c1-20-21(2)36(23-12-6-5-7-13-23)22(3)28(20)30-29(25-15-10-11-18-32-25)34-31(39)35(30)19-17-27(37)33-24-14-8-9-16-26(24)38-4/h5-16,18,29-30H,17,19H2,1-4H3,(H,33,37)(H,34,39)/t29-,30+/m1/s1. The van der Waals surface area contributed by atoms with Gasteiger partial charge in [0.05, 0.1) is 30.6 Å². The summed E-state index contributed by atoms with van der Waals surface area (Å²) in [5.74, 6) is 0.523. The Morgan fingerprint density at radius 2 is 1.72 bits per heavy atom. The predicted octanol–water partition coefficient (Wildman–Crippen LogP) is 5.81. The molecule has 4 aromatic rings. The summed E-state index contributed by atoms with van der Waals surface area (Å²) in [4.78, 5) is 19.9. The smallest absolute Gasteiger partial charge is 0.226 e. The van der Waals surface area contributed by atoms with Crippen molar-refractivity contribution in [2.75, 3.05) is 19.0 Å². The Kier molecular flexibility index (Phi) is 7.65. The second kappa shape index (κ2) is 11.3. The number of anilines is 1. The molecule has 0 radical (unpaired) electrons. The van der Waals surface area contributed by atoms with E-state index < -0.39 is 0 Å². The van der Waals surface area contributed by atoms with Crippen LogP contribution in [-0.4, -0.2) is 39.1 Å². The maximum atomic E-state index is 13.0. The monoisotopic (exact) mass is 539 g/mol. The minimum absolute atomic E-state index is 0.103. The summed E-state index contributed by atoms with van der Waals surface area (Å²) in [6.45, 7) is 6.93. The molecule has 2 aromatic heterocycles. The quantitative estimate of drug-likeness (QED) is 0.276. The van der Waals surface area contributed by atoms with Gasteiger partial charge in [-0.3, -0.25) is 9.78 Å². The largest absolute Gasteiger partial charge is 0.495 e. The fourth-order valence-corrected chi connectivity index (χ4v) is 5.88. The normalized spacial score (nSPS) is 16.7. The molecule has 0 unspecified atom stereocenters. The Morgan fingerprint density at radius 3 is 2.44 bits per heavy atom. The molecule has 1 amide bonds. The highest BCUT2D eigenvalue weighted by molar-refractivity contribution is 7.80. The van der Waals surface area contributed by atoms with Crippen LogP contribution in [-0.2, 0) is 4.79 Å². The number of nitrogens with one attached hydrogen (secondary N) is 2. The van der Waals surface area contributed by atoms with Gasteiger partial charge in [0.1, 0.15) is 5.75 Å². The van der Waals surface area contributed by atoms with E-state index in [2.05, 4.69) is 70.1 Å². The van der Waals surface area contributed by atoms with Gasteiger partial charge in [-0.1, -0.05) is 36.4 Å². The number of pyridine rings is 1. The Labute approximate surface area is 234 Å². The molecule has 0 aliphatic carbocycles. The molecule has 3 heterocycles. The van der Waals surface area contributed by atoms with Gasteiger partial charge in [-0.25, -0.2) is 0 Å². The van der Waals surface area contributed by atoms with Crippen molar-refractivity contribution in [2.24, 2.45) is 0 Å². The number of hydrogen-bond donors (Lipinski definition) is 2. The van der Waals surface area contributed by atoms with Crippen LogP contribution < -0.4 is 15.4 Å². The van der Waals surface area contributed by atoms with Gasteiger partial charge in [-0.2, -0.15) is 0 Å². The summed E-state index contributed by atoms with van der Waals surface area (Å²) in [6.07, 6.45) is 2.07. The minimum atomic E-state index is -0.153. The number of para-hydroxylation sites is 3. The predicted molar refractivity (Wildman–Crippen MR) is 158 cm³/mol. The molecule has 1 fully saturated rings. The van der Waals surface area contributed by atoms with Gasteiger partial charge in [0, 0.05) is 41.8 Å². The summed E-state index contributed by atoms with van der Waals surface area (Å²) in [5.41, 5.74) is 7.42. The number of methoxy groups -OCH3 is 1. The number of benzene rings is 2. The molecule has 1 aliphatic heterocycles. The van der Waals surface area contributed by atoms with Crippen molar-refractivity contribution in [3.05, 3.63) is 107 Å². The first-order valence-corrected chi connectivity index (χ1v) is 13.5. The second-order valence-electron chi connectivity index (χ2n) is 9.70. The van der Waals surface area contributed by atoms with Gasteiger partial charge >= 0.3 is 0 Å². The van der Waals surface area contributed by atoms with Gasteiger partial charge in [0.25, 0.3) is 0 Å². The molecule has 1 saturated heterocycles. The first-order valence-electron chi connectivity index (χ1n) is 13.1. The Balaban J connectivity index is 1.49. The number of carbonyl (C=O) groups excluding carboxylic acids is 1. The fourth-order valence-electron chi connectivity index (χ4n) is 5.55. The lowest BCUT2D eigenvalue weighted by molar-refractivity contribution is -0.116. The Bertz CT molecular complexity index is 1490. The molecule has 8 heteroatoms. The summed E-state index contributed by atoms with van der Waals surface area (Å²) >= 11 is 5.86. The number of aromatic nitrogens is 2. The first-order chi connectivity index (χ1) is 18.9. The third-order valence-electron chi connectivity index (χ3n) is 7.48. The third-order valence-corrected chi connectivity index (χ3v) is 7.83. The van der Waals surface area contributed by atoms with E-state index in [1.807, 2.05) is 48.5 Å². The van der Waals surface area contributed by atoms with Gasteiger partial charge in [0.2, 0.25) is 5.91 Å². The van der Waals surface area contributed by atoms with E-state index in [0.29, 0.717) is 23.1 Å². The number of nitrogens with zero attached hydrogens (tertiary/aromatic N) is 3. The van der Waals surface area contributed by atoms with Crippen molar-refractivity contribution < 1.29 is 9.53 Å². The van der Waals surface area contributed by atoms with Crippen molar-refractivity contribution in [1.29, 1.82) is 0 Å². The number of carbonyl (C=O) groups is 1. The molecule has 5 rings (SSSR count). The van der Waals surface area contributed by atoms with Crippen LogP contribution in [0.1, 0.15) is 46.7 Å². The summed E-state index contributed by atoms with van der Waals surface area (Å²) in [6, 6.07) is 23.4. The molecule has 7 nitrogen and oxygen atoms in total. The number of rotatable bonds is 8. The van der Waals surface area contributed by atoms with Crippen molar-refractivity contribution in [3.8, 4) is 11.4 Å². The van der Waals surface area contributed by atoms with Gasteiger partial charge in [-0.05, 0) is 75.0 Å². The molecule has 0 spiro atoms. The number of ether oxygens (including phenoxy) is 1. The van der Waals surface area contributed by atoms with E-state index in [-0.39, 0.29) is 24.4 Å². The van der Waals surface area contributed by atoms with Crippen molar-refractivity contribution in [3.63, 3.8) is 0 Å². The van der Waals surface area contributed by atoms with Crippen molar-refractivity contribution in [2.45, 2.75) is 39.3 Å². The molecule has 1 aliphatic rings. The second-order valence-corrected chi connectivity index (χ2v) is 10.1. The maximum Gasteiger partial charge on any atom is 0.226 e. The fraction of sp³-hybridized carbons (Fsp3) is 0.258. The SMILES string of the molecule is COc1ccccc1NC(=O)CCN1C(=S)N[C@H](c2ccccn2)[C@@H]1c1c(C)c(C)n(-c2ccccc2)c1C. The summed E-state index contributed by atoms with van der Waals surface area (Å²) < 4.78 is 7.69. The lowest BCUT2D eigenvalue weighted by Gasteiger charge is -2.29. The van der Waals surface area contributed by atoms with E-state index in [1.54, 1.807) is 13.3 Å². The molecular weight excluding hydrogens is 506 g/mol. The zero-order valence-corrected chi connectivity index (χ0v) is 23.5. The molecule has 0 saturated carbocycles. The van der Waals surface area contributed by atoms with Gasteiger partial charge in [-0.15, -0.1) is 0 Å². The van der Waals surface area contributed by atoms with Crippen molar-refractivity contribution >= 4 is 28.9 Å². The van der Waals surface area contributed by atoms with Crippen molar-refractivity contribution in [1.82, 2.24) is 19.8 Å². The molecule has 0 bridgehead atoms. The van der Waals surface area contributed by atoms with Crippen LogP contribution in [0.3, 0.4) is 0 Å². The lowest BCUT2D eigenvalue weighted by atomic mass is 9.93. The van der Waals surface area contributed by atoms with E-state index in [4.69, 9.17) is 17.0 Å². The maximum absolute atomic E-state index is 13.0. The molecule has 2 N–H and O–H groups in total. The summed E-state index contributed by atoms with van der Waals surface area (Å²) in [7, 11) is 1.59. The van der Waals surface area contributed by atoms with Crippen LogP contribution in [0.5, 0.6) is 5.75 Å². The van der Waals surface area contributed by atoms with Crippen LogP contribution >= 0.6 is 12.2 Å². The Morgan fingerprint density at radius 1 is 1.00 bits per heavy atom.